The Kier molecular flexibility index (Phi) is 8.71. The fourth-order valence-corrected chi connectivity index (χ4v) is 4.42. The quantitative estimate of drug-likeness (QED) is 0.347. The van der Waals surface area contributed by atoms with Gasteiger partial charge < -0.3 is 15.4 Å². The van der Waals surface area contributed by atoms with Gasteiger partial charge in [0.2, 0.25) is 0 Å². The largest absolute Gasteiger partial charge is 0.373 e. The number of fused-ring (bicyclic) bond motifs is 1. The highest BCUT2D eigenvalue weighted by Crippen LogP contribution is 2.33. The first kappa shape index (κ1) is 24.0. The van der Waals surface area contributed by atoms with Gasteiger partial charge in [0.15, 0.2) is 11.8 Å². The highest BCUT2D eigenvalue weighted by molar-refractivity contribution is 14.0. The lowest BCUT2D eigenvalue weighted by molar-refractivity contribution is -0.0265. The van der Waals surface area contributed by atoms with Crippen molar-refractivity contribution in [3.8, 4) is 0 Å². The van der Waals surface area contributed by atoms with E-state index >= 15 is 0 Å². The van der Waals surface area contributed by atoms with Crippen LogP contribution >= 0.6 is 24.0 Å². The van der Waals surface area contributed by atoms with Gasteiger partial charge in [0, 0.05) is 45.0 Å². The van der Waals surface area contributed by atoms with E-state index < -0.39 is 0 Å². The number of benzene rings is 1. The number of nitrogens with one attached hydrogen (secondary N) is 2. The second kappa shape index (κ2) is 11.3. The Hall–Kier alpha value is -1.68. The first-order chi connectivity index (χ1) is 14.7. The van der Waals surface area contributed by atoms with Gasteiger partial charge in [-0.3, -0.25) is 4.99 Å². The van der Waals surface area contributed by atoms with Crippen molar-refractivity contribution in [2.75, 3.05) is 20.2 Å². The molecule has 3 atom stereocenters. The summed E-state index contributed by atoms with van der Waals surface area (Å²) < 4.78 is 8.22. The van der Waals surface area contributed by atoms with Crippen LogP contribution < -0.4 is 10.6 Å². The molecule has 2 aliphatic rings. The molecule has 0 bridgehead atoms. The molecule has 2 N–H and O–H groups in total. The minimum Gasteiger partial charge on any atom is -0.373 e. The minimum atomic E-state index is 0. The molecular formula is C23H35IN6O. The lowest BCUT2D eigenvalue weighted by atomic mass is 9.89. The van der Waals surface area contributed by atoms with E-state index in [1.54, 1.807) is 0 Å². The molecular weight excluding hydrogens is 503 g/mol. The SMILES string of the molecule is CCc1nc2n(n1)CC(NC(=NC)NCC1CCCOC1c1ccc(C)cc1)CC2.I. The summed E-state index contributed by atoms with van der Waals surface area (Å²) in [6.45, 7) is 6.74. The normalized spacial score (nSPS) is 23.6. The van der Waals surface area contributed by atoms with Gasteiger partial charge in [0.25, 0.3) is 0 Å². The Labute approximate surface area is 202 Å². The molecule has 3 unspecified atom stereocenters. The number of rotatable bonds is 5. The van der Waals surface area contributed by atoms with Crippen molar-refractivity contribution in [2.45, 2.75) is 64.6 Å². The maximum absolute atomic E-state index is 6.17. The number of nitrogens with zero attached hydrogens (tertiary/aromatic N) is 4. The van der Waals surface area contributed by atoms with E-state index in [1.807, 2.05) is 7.05 Å². The van der Waals surface area contributed by atoms with E-state index in [2.05, 4.69) is 68.5 Å². The average molecular weight is 538 g/mol. The predicted octanol–water partition coefficient (Wildman–Crippen LogP) is 3.41. The molecule has 0 aliphatic carbocycles. The van der Waals surface area contributed by atoms with Crippen molar-refractivity contribution in [3.63, 3.8) is 0 Å². The van der Waals surface area contributed by atoms with Gasteiger partial charge in [-0.1, -0.05) is 36.8 Å². The third kappa shape index (κ3) is 5.97. The summed E-state index contributed by atoms with van der Waals surface area (Å²) in [5.41, 5.74) is 2.55. The van der Waals surface area contributed by atoms with E-state index in [0.29, 0.717) is 12.0 Å². The highest BCUT2D eigenvalue weighted by atomic mass is 127. The van der Waals surface area contributed by atoms with Gasteiger partial charge in [-0.2, -0.15) is 5.10 Å². The Morgan fingerprint density at radius 1 is 1.26 bits per heavy atom. The molecule has 1 aromatic carbocycles. The third-order valence-electron chi connectivity index (χ3n) is 6.17. The van der Waals surface area contributed by atoms with E-state index in [4.69, 9.17) is 4.74 Å². The fourth-order valence-electron chi connectivity index (χ4n) is 4.42. The summed E-state index contributed by atoms with van der Waals surface area (Å²) >= 11 is 0. The molecule has 0 radical (unpaired) electrons. The predicted molar refractivity (Wildman–Crippen MR) is 134 cm³/mol. The Morgan fingerprint density at radius 3 is 2.81 bits per heavy atom. The molecule has 0 spiro atoms. The lowest BCUT2D eigenvalue weighted by Crippen LogP contribution is -2.48. The van der Waals surface area contributed by atoms with Crippen molar-refractivity contribution in [1.29, 1.82) is 0 Å². The summed E-state index contributed by atoms with van der Waals surface area (Å²) in [5.74, 6) is 3.33. The first-order valence-electron chi connectivity index (χ1n) is 11.2. The first-order valence-corrected chi connectivity index (χ1v) is 11.2. The van der Waals surface area contributed by atoms with Crippen molar-refractivity contribution in [1.82, 2.24) is 25.4 Å². The van der Waals surface area contributed by atoms with Gasteiger partial charge in [0.1, 0.15) is 5.82 Å². The number of guanidine groups is 1. The number of aromatic nitrogens is 3. The van der Waals surface area contributed by atoms with Crippen LogP contribution in [0.15, 0.2) is 29.3 Å². The topological polar surface area (TPSA) is 76.4 Å². The molecule has 8 heteroatoms. The van der Waals surface area contributed by atoms with Crippen LogP contribution in [-0.2, 0) is 24.1 Å². The summed E-state index contributed by atoms with van der Waals surface area (Å²) in [5, 5.41) is 11.7. The maximum Gasteiger partial charge on any atom is 0.191 e. The molecule has 1 aromatic heterocycles. The van der Waals surface area contributed by atoms with E-state index in [0.717, 1.165) is 69.4 Å². The molecule has 0 saturated carbocycles. The number of hydrogen-bond acceptors (Lipinski definition) is 4. The van der Waals surface area contributed by atoms with Crippen LogP contribution in [-0.4, -0.2) is 47.0 Å². The maximum atomic E-state index is 6.17. The van der Waals surface area contributed by atoms with Crippen molar-refractivity contribution in [3.05, 3.63) is 47.0 Å². The summed E-state index contributed by atoms with van der Waals surface area (Å²) in [6.07, 6.45) is 5.29. The zero-order chi connectivity index (χ0) is 20.9. The number of ether oxygens (including phenoxy) is 1. The smallest absolute Gasteiger partial charge is 0.191 e. The molecule has 2 aliphatic heterocycles. The van der Waals surface area contributed by atoms with Crippen LogP contribution in [0.4, 0.5) is 0 Å². The van der Waals surface area contributed by atoms with E-state index in [9.17, 15) is 0 Å². The van der Waals surface area contributed by atoms with Crippen LogP contribution in [0.3, 0.4) is 0 Å². The standard InChI is InChI=1S/C23H34N6O.HI/c1-4-20-27-21-12-11-19(15-29(21)28-20)26-23(24-3)25-14-18-6-5-13-30-22(18)17-9-7-16(2)8-10-17;/h7-10,18-19,22H,4-6,11-15H2,1-3H3,(H2,24,25,26);1H. The zero-order valence-corrected chi connectivity index (χ0v) is 21.1. The van der Waals surface area contributed by atoms with E-state index in [1.165, 1.54) is 11.1 Å². The molecule has 170 valence electrons. The summed E-state index contributed by atoms with van der Waals surface area (Å²) in [4.78, 5) is 9.07. The van der Waals surface area contributed by atoms with E-state index in [-0.39, 0.29) is 30.1 Å². The minimum absolute atomic E-state index is 0. The van der Waals surface area contributed by atoms with Gasteiger partial charge in [-0.05, 0) is 31.7 Å². The summed E-state index contributed by atoms with van der Waals surface area (Å²) in [6, 6.07) is 9.06. The number of aryl methyl sites for hydroxylation is 3. The Morgan fingerprint density at radius 2 is 2.06 bits per heavy atom. The highest BCUT2D eigenvalue weighted by Gasteiger charge is 2.28. The molecule has 31 heavy (non-hydrogen) atoms. The van der Waals surface area contributed by atoms with Crippen molar-refractivity contribution in [2.24, 2.45) is 10.9 Å². The number of halogens is 1. The average Bonchev–Trinajstić information content (AvgIpc) is 3.20. The second-order valence-corrected chi connectivity index (χ2v) is 8.42. The number of hydrogen-bond donors (Lipinski definition) is 2. The van der Waals surface area contributed by atoms with Gasteiger partial charge in [-0.25, -0.2) is 9.67 Å². The molecule has 2 aromatic rings. The van der Waals surface area contributed by atoms with Crippen molar-refractivity contribution < 1.29 is 4.74 Å². The Bertz CT molecular complexity index is 865. The summed E-state index contributed by atoms with van der Waals surface area (Å²) in [7, 11) is 1.84. The van der Waals surface area contributed by atoms with Crippen LogP contribution in [0.5, 0.6) is 0 Å². The molecule has 0 amide bonds. The monoisotopic (exact) mass is 538 g/mol. The van der Waals surface area contributed by atoms with Gasteiger partial charge in [-0.15, -0.1) is 24.0 Å². The number of aliphatic imine (C=N–C) groups is 1. The van der Waals surface area contributed by atoms with Crippen LogP contribution in [0, 0.1) is 12.8 Å². The third-order valence-corrected chi connectivity index (χ3v) is 6.17. The van der Waals surface area contributed by atoms with Crippen LogP contribution in [0.1, 0.15) is 55.1 Å². The fraction of sp³-hybridized carbons (Fsp3) is 0.609. The van der Waals surface area contributed by atoms with Crippen LogP contribution in [0.2, 0.25) is 0 Å². The lowest BCUT2D eigenvalue weighted by Gasteiger charge is -2.33. The molecule has 1 fully saturated rings. The molecule has 7 nitrogen and oxygen atoms in total. The Balaban J connectivity index is 0.00000272. The molecule has 3 heterocycles. The van der Waals surface area contributed by atoms with Crippen LogP contribution in [0.25, 0.3) is 0 Å². The molecule has 4 rings (SSSR count). The second-order valence-electron chi connectivity index (χ2n) is 8.42. The van der Waals surface area contributed by atoms with Gasteiger partial charge in [0.05, 0.1) is 12.6 Å². The molecule has 1 saturated heterocycles. The van der Waals surface area contributed by atoms with Crippen molar-refractivity contribution >= 4 is 29.9 Å². The zero-order valence-electron chi connectivity index (χ0n) is 18.8. The van der Waals surface area contributed by atoms with Gasteiger partial charge >= 0.3 is 0 Å².